The van der Waals surface area contributed by atoms with Crippen LogP contribution >= 0.6 is 0 Å². The maximum Gasteiger partial charge on any atom is 0.138 e. The molecule has 38 heavy (non-hydrogen) atoms. The first-order chi connectivity index (χ1) is 18.0. The molecule has 202 valence electrons. The average molecular weight is 515 g/mol. The van der Waals surface area contributed by atoms with Crippen LogP contribution in [0.4, 0.5) is 0 Å². The van der Waals surface area contributed by atoms with E-state index in [0.717, 1.165) is 42.2 Å². The van der Waals surface area contributed by atoms with E-state index in [4.69, 9.17) is 4.42 Å². The molecule has 0 atom stereocenters. The Hall–Kier alpha value is -3.66. The second-order valence-corrected chi connectivity index (χ2v) is 10.7. The van der Waals surface area contributed by atoms with Gasteiger partial charge in [-0.15, -0.1) is 0 Å². The van der Waals surface area contributed by atoms with Gasteiger partial charge in [0.2, 0.25) is 0 Å². The predicted molar refractivity (Wildman–Crippen MR) is 159 cm³/mol. The molecule has 0 aliphatic heterocycles. The van der Waals surface area contributed by atoms with Gasteiger partial charge < -0.3 is 19.7 Å². The minimum atomic E-state index is 0.0437. The summed E-state index contributed by atoms with van der Waals surface area (Å²) in [5.41, 5.74) is 7.80. The van der Waals surface area contributed by atoms with E-state index in [9.17, 15) is 15.3 Å². The summed E-state index contributed by atoms with van der Waals surface area (Å²) in [5, 5.41) is 32.8. The second-order valence-electron chi connectivity index (χ2n) is 10.7. The number of phenols is 3. The van der Waals surface area contributed by atoms with Crippen LogP contribution in [0.2, 0.25) is 0 Å². The Balaban J connectivity index is 2.06. The van der Waals surface area contributed by atoms with Gasteiger partial charge in [0.25, 0.3) is 0 Å². The number of hydrogen-bond acceptors (Lipinski definition) is 4. The molecule has 0 aliphatic carbocycles. The summed E-state index contributed by atoms with van der Waals surface area (Å²) in [6, 6.07) is 8.37. The van der Waals surface area contributed by atoms with Gasteiger partial charge >= 0.3 is 0 Å². The lowest BCUT2D eigenvalue weighted by Crippen LogP contribution is -1.97. The molecule has 0 unspecified atom stereocenters. The van der Waals surface area contributed by atoms with E-state index in [1.165, 1.54) is 28.4 Å². The first-order valence-corrected chi connectivity index (χ1v) is 13.4. The molecule has 3 rings (SSSR count). The highest BCUT2D eigenvalue weighted by Crippen LogP contribution is 2.42. The monoisotopic (exact) mass is 514 g/mol. The minimum absolute atomic E-state index is 0.0437. The topological polar surface area (TPSA) is 73.8 Å². The van der Waals surface area contributed by atoms with Crippen molar-refractivity contribution in [3.8, 4) is 28.6 Å². The van der Waals surface area contributed by atoms with E-state index in [1.807, 2.05) is 6.07 Å². The van der Waals surface area contributed by atoms with Crippen LogP contribution < -0.4 is 0 Å². The Morgan fingerprint density at radius 2 is 1.21 bits per heavy atom. The average Bonchev–Trinajstić information content (AvgIpc) is 3.24. The van der Waals surface area contributed by atoms with Gasteiger partial charge in [0.1, 0.15) is 28.6 Å². The second kappa shape index (κ2) is 13.2. The number of fused-ring (bicyclic) bond motifs is 1. The number of aromatic hydroxyl groups is 3. The zero-order valence-electron chi connectivity index (χ0n) is 23.7. The first-order valence-electron chi connectivity index (χ1n) is 13.4. The Labute approximate surface area is 227 Å². The lowest BCUT2D eigenvalue weighted by molar-refractivity contribution is 0.443. The van der Waals surface area contributed by atoms with Crippen molar-refractivity contribution in [3.63, 3.8) is 0 Å². The molecular weight excluding hydrogens is 472 g/mol. The Morgan fingerprint density at radius 1 is 0.684 bits per heavy atom. The van der Waals surface area contributed by atoms with Gasteiger partial charge in [0.05, 0.1) is 0 Å². The smallest absolute Gasteiger partial charge is 0.138 e. The largest absolute Gasteiger partial charge is 0.508 e. The number of allylic oxidation sites excluding steroid dienone is 8. The van der Waals surface area contributed by atoms with Crippen LogP contribution in [-0.2, 0) is 12.8 Å². The maximum absolute atomic E-state index is 11.0. The SMILES string of the molecule is CC(C)=CCC/C(C)=C/Cc1c(O)cc(O)c(C/C=C(\C)CCC=C(C)C)c1-c1cc2ccc(O)cc2o1. The standard InChI is InChI=1S/C34H42O4/c1-22(2)9-7-11-24(5)13-17-28-30(36)21-31(37)29(18-14-25(6)12-8-10-23(3)4)34(28)33-19-26-15-16-27(35)20-32(26)38-33/h9-10,13-16,19-21,35-37H,7-8,11-12,17-18H2,1-6H3/b24-13+,25-14+. The van der Waals surface area contributed by atoms with Crippen molar-refractivity contribution in [1.82, 2.24) is 0 Å². The molecule has 3 N–H and O–H groups in total. The zero-order valence-corrected chi connectivity index (χ0v) is 23.7. The number of hydrogen-bond donors (Lipinski definition) is 3. The van der Waals surface area contributed by atoms with Crippen LogP contribution in [0.5, 0.6) is 17.2 Å². The maximum atomic E-state index is 11.0. The Morgan fingerprint density at radius 3 is 1.71 bits per heavy atom. The fourth-order valence-electron chi connectivity index (χ4n) is 4.53. The zero-order chi connectivity index (χ0) is 27.8. The van der Waals surface area contributed by atoms with Crippen molar-refractivity contribution in [2.24, 2.45) is 0 Å². The quantitative estimate of drug-likeness (QED) is 0.223. The van der Waals surface area contributed by atoms with E-state index in [2.05, 4.69) is 65.8 Å². The van der Waals surface area contributed by atoms with Gasteiger partial charge in [0.15, 0.2) is 0 Å². The summed E-state index contributed by atoms with van der Waals surface area (Å²) < 4.78 is 6.18. The lowest BCUT2D eigenvalue weighted by Gasteiger charge is -2.16. The normalized spacial score (nSPS) is 12.2. The van der Waals surface area contributed by atoms with Crippen molar-refractivity contribution >= 4 is 11.0 Å². The van der Waals surface area contributed by atoms with Crippen LogP contribution in [0.1, 0.15) is 78.4 Å². The lowest BCUT2D eigenvalue weighted by atomic mass is 9.91. The van der Waals surface area contributed by atoms with Crippen molar-refractivity contribution in [1.29, 1.82) is 0 Å². The van der Waals surface area contributed by atoms with Gasteiger partial charge in [-0.1, -0.05) is 46.6 Å². The summed E-state index contributed by atoms with van der Waals surface area (Å²) in [7, 11) is 0. The molecule has 0 saturated heterocycles. The van der Waals surface area contributed by atoms with Gasteiger partial charge in [-0.25, -0.2) is 0 Å². The third-order valence-electron chi connectivity index (χ3n) is 6.74. The summed E-state index contributed by atoms with van der Waals surface area (Å²) in [5.74, 6) is 0.778. The van der Waals surface area contributed by atoms with Gasteiger partial charge in [-0.05, 0) is 98.3 Å². The van der Waals surface area contributed by atoms with Crippen molar-refractivity contribution in [2.45, 2.75) is 80.1 Å². The third-order valence-corrected chi connectivity index (χ3v) is 6.74. The fourth-order valence-corrected chi connectivity index (χ4v) is 4.53. The van der Waals surface area contributed by atoms with Gasteiger partial charge in [-0.3, -0.25) is 0 Å². The van der Waals surface area contributed by atoms with Crippen molar-refractivity contribution in [3.05, 3.63) is 88.1 Å². The number of furan rings is 1. The molecular formula is C34H42O4. The number of phenolic OH excluding ortho intramolecular Hbond substituents is 3. The van der Waals surface area contributed by atoms with E-state index in [0.29, 0.717) is 29.7 Å². The van der Waals surface area contributed by atoms with Crippen LogP contribution in [-0.4, -0.2) is 15.3 Å². The molecule has 0 aliphatic rings. The summed E-state index contributed by atoms with van der Waals surface area (Å²) in [6.07, 6.45) is 13.6. The molecule has 0 saturated carbocycles. The summed E-state index contributed by atoms with van der Waals surface area (Å²) in [4.78, 5) is 0. The van der Waals surface area contributed by atoms with Crippen LogP contribution in [0.3, 0.4) is 0 Å². The molecule has 1 aromatic heterocycles. The first kappa shape index (κ1) is 28.9. The minimum Gasteiger partial charge on any atom is -0.508 e. The molecule has 0 spiro atoms. The van der Waals surface area contributed by atoms with Crippen LogP contribution in [0.15, 0.2) is 81.3 Å². The van der Waals surface area contributed by atoms with Crippen LogP contribution in [0.25, 0.3) is 22.3 Å². The number of benzene rings is 2. The van der Waals surface area contributed by atoms with Gasteiger partial charge in [-0.2, -0.15) is 0 Å². The van der Waals surface area contributed by atoms with Crippen LogP contribution in [0, 0.1) is 0 Å². The van der Waals surface area contributed by atoms with E-state index >= 15 is 0 Å². The molecule has 2 aromatic carbocycles. The summed E-state index contributed by atoms with van der Waals surface area (Å²) >= 11 is 0. The molecule has 0 fully saturated rings. The Bertz CT molecular complexity index is 1320. The van der Waals surface area contributed by atoms with E-state index in [1.54, 1.807) is 18.2 Å². The van der Waals surface area contributed by atoms with E-state index < -0.39 is 0 Å². The highest BCUT2D eigenvalue weighted by Gasteiger charge is 2.21. The molecule has 0 radical (unpaired) electrons. The number of rotatable bonds is 11. The molecule has 1 heterocycles. The summed E-state index contributed by atoms with van der Waals surface area (Å²) in [6.45, 7) is 12.6. The molecule has 0 bridgehead atoms. The van der Waals surface area contributed by atoms with Gasteiger partial charge in [0, 0.05) is 34.2 Å². The van der Waals surface area contributed by atoms with Crippen molar-refractivity contribution in [2.75, 3.05) is 0 Å². The third kappa shape index (κ3) is 7.92. The van der Waals surface area contributed by atoms with Crippen molar-refractivity contribution < 1.29 is 19.7 Å². The molecule has 4 heteroatoms. The molecule has 4 nitrogen and oxygen atoms in total. The molecule has 0 amide bonds. The highest BCUT2D eigenvalue weighted by molar-refractivity contribution is 5.86. The molecule has 3 aromatic rings. The van der Waals surface area contributed by atoms with E-state index in [-0.39, 0.29) is 17.2 Å². The fraction of sp³-hybridized carbons (Fsp3) is 0.353. The Kier molecular flexibility index (Phi) is 10.1. The predicted octanol–water partition coefficient (Wildman–Crippen LogP) is 9.69. The highest BCUT2D eigenvalue weighted by atomic mass is 16.3.